The Morgan fingerprint density at radius 2 is 2.00 bits per heavy atom. The van der Waals surface area contributed by atoms with Gasteiger partial charge in [0.05, 0.1) is 25.5 Å². The van der Waals surface area contributed by atoms with Crippen LogP contribution in [-0.2, 0) is 29.1 Å². The summed E-state index contributed by atoms with van der Waals surface area (Å²) in [5.41, 5.74) is 1.90. The van der Waals surface area contributed by atoms with Crippen molar-refractivity contribution in [1.29, 1.82) is 0 Å². The molecule has 4 rings (SSSR count). The first-order valence-electron chi connectivity index (χ1n) is 10.4. The molecule has 0 aromatic carbocycles. The highest BCUT2D eigenvalue weighted by Gasteiger charge is 2.27. The summed E-state index contributed by atoms with van der Waals surface area (Å²) in [5.74, 6) is 0.304. The molecule has 1 aromatic heterocycles. The summed E-state index contributed by atoms with van der Waals surface area (Å²) in [6.07, 6.45) is 7.01. The second-order valence-corrected chi connectivity index (χ2v) is 7.96. The Morgan fingerprint density at radius 3 is 2.93 bits per heavy atom. The van der Waals surface area contributed by atoms with Crippen molar-refractivity contribution in [2.45, 2.75) is 64.1 Å². The summed E-state index contributed by atoms with van der Waals surface area (Å²) in [6.45, 7) is 5.45. The van der Waals surface area contributed by atoms with Crippen LogP contribution in [0.1, 0.15) is 49.8 Å². The minimum absolute atomic E-state index is 0.0335. The molecule has 0 saturated carbocycles. The second-order valence-electron chi connectivity index (χ2n) is 7.96. The third-order valence-electron chi connectivity index (χ3n) is 6.12. The van der Waals surface area contributed by atoms with Gasteiger partial charge in [0.25, 0.3) is 5.56 Å². The Kier molecular flexibility index (Phi) is 5.88. The molecule has 1 unspecified atom stereocenters. The number of ether oxygens (including phenoxy) is 1. The molecule has 1 amide bonds. The number of rotatable bonds is 5. The average Bonchev–Trinajstić information content (AvgIpc) is 3.00. The van der Waals surface area contributed by atoms with Crippen molar-refractivity contribution >= 4 is 5.91 Å². The molecule has 27 heavy (non-hydrogen) atoms. The van der Waals surface area contributed by atoms with Gasteiger partial charge in [-0.3, -0.25) is 14.5 Å². The van der Waals surface area contributed by atoms with Gasteiger partial charge in [-0.2, -0.15) is 5.10 Å². The predicted octanol–water partition coefficient (Wildman–Crippen LogP) is 1.18. The van der Waals surface area contributed by atoms with E-state index in [-0.39, 0.29) is 5.56 Å². The lowest BCUT2D eigenvalue weighted by atomic mass is 10.1. The molecule has 0 spiro atoms. The summed E-state index contributed by atoms with van der Waals surface area (Å²) in [6, 6.07) is 2.02. The zero-order chi connectivity index (χ0) is 18.6. The lowest BCUT2D eigenvalue weighted by molar-refractivity contribution is -0.130. The highest BCUT2D eigenvalue weighted by molar-refractivity contribution is 5.76. The van der Waals surface area contributed by atoms with Gasteiger partial charge in [-0.25, -0.2) is 4.68 Å². The normalized spacial score (nSPS) is 24.1. The quantitative estimate of drug-likeness (QED) is 0.774. The molecule has 7 nitrogen and oxygen atoms in total. The number of nitrogens with zero attached hydrogens (tertiary/aromatic N) is 4. The monoisotopic (exact) mass is 374 g/mol. The van der Waals surface area contributed by atoms with E-state index in [2.05, 4.69) is 10.00 Å². The summed E-state index contributed by atoms with van der Waals surface area (Å²) in [4.78, 5) is 29.1. The summed E-state index contributed by atoms with van der Waals surface area (Å²) in [5, 5.41) is 4.62. The van der Waals surface area contributed by atoms with Crippen LogP contribution in [0, 0.1) is 0 Å². The van der Waals surface area contributed by atoms with Crippen molar-refractivity contribution in [3.63, 3.8) is 0 Å². The van der Waals surface area contributed by atoms with Crippen molar-refractivity contribution in [3.8, 4) is 0 Å². The fraction of sp³-hybridized carbons (Fsp3) is 0.750. The zero-order valence-electron chi connectivity index (χ0n) is 16.1. The molecule has 0 N–H and O–H groups in total. The van der Waals surface area contributed by atoms with Crippen LogP contribution in [0.2, 0.25) is 0 Å². The second kappa shape index (κ2) is 8.52. The summed E-state index contributed by atoms with van der Waals surface area (Å²) < 4.78 is 7.06. The Hall–Kier alpha value is -1.73. The highest BCUT2D eigenvalue weighted by Crippen LogP contribution is 2.19. The minimum atomic E-state index is -0.0335. The fourth-order valence-electron chi connectivity index (χ4n) is 4.50. The maximum atomic E-state index is 12.4. The number of amides is 1. The van der Waals surface area contributed by atoms with Gasteiger partial charge in [0.15, 0.2) is 0 Å². The third-order valence-corrected chi connectivity index (χ3v) is 6.12. The number of fused-ring (bicyclic) bond motifs is 1. The SMILES string of the molecule is O=C1CCCCCN1CCN1CCCC1Cn1nc2c(cc1=O)COCC2. The number of carbonyl (C=O) groups is 1. The van der Waals surface area contributed by atoms with E-state index in [1.165, 1.54) is 0 Å². The van der Waals surface area contributed by atoms with Gasteiger partial charge in [-0.05, 0) is 32.2 Å². The molecular formula is C20H30N4O3. The molecule has 3 aliphatic heterocycles. The van der Waals surface area contributed by atoms with E-state index >= 15 is 0 Å². The van der Waals surface area contributed by atoms with Gasteiger partial charge in [0.2, 0.25) is 5.91 Å². The number of hydrogen-bond donors (Lipinski definition) is 0. The number of carbonyl (C=O) groups excluding carboxylic acids is 1. The standard InChI is InChI=1S/C20H30N4O3/c25-19-6-2-1-3-8-23(19)11-10-22-9-4-5-17(22)14-24-20(26)13-16-15-27-12-7-18(16)21-24/h13,17H,1-12,14-15H2. The van der Waals surface area contributed by atoms with E-state index in [0.29, 0.717) is 38.1 Å². The van der Waals surface area contributed by atoms with Crippen LogP contribution in [-0.4, -0.2) is 64.3 Å². The smallest absolute Gasteiger partial charge is 0.267 e. The maximum absolute atomic E-state index is 12.4. The molecule has 0 radical (unpaired) electrons. The Balaban J connectivity index is 1.38. The maximum Gasteiger partial charge on any atom is 0.267 e. The summed E-state index contributed by atoms with van der Waals surface area (Å²) in [7, 11) is 0. The van der Waals surface area contributed by atoms with Crippen molar-refractivity contribution < 1.29 is 9.53 Å². The molecule has 0 aliphatic carbocycles. The van der Waals surface area contributed by atoms with Crippen molar-refractivity contribution in [1.82, 2.24) is 19.6 Å². The van der Waals surface area contributed by atoms with Crippen molar-refractivity contribution in [3.05, 3.63) is 27.7 Å². The molecule has 1 aromatic rings. The topological polar surface area (TPSA) is 67.7 Å². The van der Waals surface area contributed by atoms with Gasteiger partial charge in [-0.1, -0.05) is 6.42 Å². The van der Waals surface area contributed by atoms with Crippen LogP contribution < -0.4 is 5.56 Å². The Morgan fingerprint density at radius 1 is 1.07 bits per heavy atom. The number of aromatic nitrogens is 2. The molecule has 1 atom stereocenters. The molecular weight excluding hydrogens is 344 g/mol. The molecule has 7 heteroatoms. The molecule has 2 fully saturated rings. The molecule has 3 aliphatic rings. The van der Waals surface area contributed by atoms with E-state index < -0.39 is 0 Å². The average molecular weight is 374 g/mol. The van der Waals surface area contributed by atoms with E-state index in [4.69, 9.17) is 4.74 Å². The summed E-state index contributed by atoms with van der Waals surface area (Å²) >= 11 is 0. The lowest BCUT2D eigenvalue weighted by Crippen LogP contribution is -2.43. The van der Waals surface area contributed by atoms with Crippen LogP contribution in [0.4, 0.5) is 0 Å². The van der Waals surface area contributed by atoms with E-state index in [1.807, 2.05) is 4.90 Å². The van der Waals surface area contributed by atoms with E-state index in [9.17, 15) is 9.59 Å². The molecule has 148 valence electrons. The predicted molar refractivity (Wildman–Crippen MR) is 102 cm³/mol. The zero-order valence-corrected chi connectivity index (χ0v) is 16.1. The molecule has 4 heterocycles. The van der Waals surface area contributed by atoms with Crippen molar-refractivity contribution in [2.24, 2.45) is 0 Å². The first-order valence-corrected chi connectivity index (χ1v) is 10.4. The van der Waals surface area contributed by atoms with Gasteiger partial charge in [0.1, 0.15) is 0 Å². The first-order chi connectivity index (χ1) is 13.2. The lowest BCUT2D eigenvalue weighted by Gasteiger charge is -2.28. The van der Waals surface area contributed by atoms with E-state index in [1.54, 1.807) is 10.7 Å². The van der Waals surface area contributed by atoms with Crippen LogP contribution in [0.5, 0.6) is 0 Å². The molecule has 0 bridgehead atoms. The first kappa shape index (κ1) is 18.6. The van der Waals surface area contributed by atoms with Crippen LogP contribution in [0.15, 0.2) is 10.9 Å². The fourth-order valence-corrected chi connectivity index (χ4v) is 4.50. The number of hydrogen-bond acceptors (Lipinski definition) is 5. The van der Waals surface area contributed by atoms with E-state index in [0.717, 1.165) is 76.0 Å². The minimum Gasteiger partial charge on any atom is -0.376 e. The van der Waals surface area contributed by atoms with Crippen LogP contribution in [0.3, 0.4) is 0 Å². The van der Waals surface area contributed by atoms with Crippen molar-refractivity contribution in [2.75, 3.05) is 32.8 Å². The highest BCUT2D eigenvalue weighted by atomic mass is 16.5. The largest absolute Gasteiger partial charge is 0.376 e. The van der Waals surface area contributed by atoms with Gasteiger partial charge in [-0.15, -0.1) is 0 Å². The van der Waals surface area contributed by atoms with Gasteiger partial charge in [0, 0.05) is 50.1 Å². The van der Waals surface area contributed by atoms with Gasteiger partial charge < -0.3 is 9.64 Å². The van der Waals surface area contributed by atoms with Crippen LogP contribution in [0.25, 0.3) is 0 Å². The number of likely N-dealkylation sites (tertiary alicyclic amines) is 2. The Bertz CT molecular complexity index is 732. The van der Waals surface area contributed by atoms with Gasteiger partial charge >= 0.3 is 0 Å². The third kappa shape index (κ3) is 4.41. The molecule has 2 saturated heterocycles. The Labute approximate surface area is 160 Å². The van der Waals surface area contributed by atoms with Crippen LogP contribution >= 0.6 is 0 Å².